The molecule has 0 aliphatic carbocycles. The summed E-state index contributed by atoms with van der Waals surface area (Å²) in [5.41, 5.74) is 0. The molecule has 1 aromatic rings. The lowest BCUT2D eigenvalue weighted by Gasteiger charge is -2.36. The topological polar surface area (TPSA) is 55.3 Å². The molecule has 3 rings (SSSR count). The van der Waals surface area contributed by atoms with Crippen molar-refractivity contribution in [3.63, 3.8) is 0 Å². The predicted molar refractivity (Wildman–Crippen MR) is 81.0 cm³/mol. The fourth-order valence-electron chi connectivity index (χ4n) is 3.27. The van der Waals surface area contributed by atoms with Crippen LogP contribution in [0.4, 0.5) is 0 Å². The van der Waals surface area contributed by atoms with E-state index in [0.717, 1.165) is 12.8 Å². The number of nitrogens with zero attached hydrogens (tertiary/aromatic N) is 3. The summed E-state index contributed by atoms with van der Waals surface area (Å²) in [6, 6.07) is 2.94. The second kappa shape index (κ2) is 6.32. The van der Waals surface area contributed by atoms with Crippen molar-refractivity contribution in [3.05, 3.63) is 18.5 Å². The molecule has 2 bridgehead atoms. The van der Waals surface area contributed by atoms with Gasteiger partial charge < -0.3 is 9.64 Å². The SMILES string of the molecule is CC(Sc1ncccn1)C(=O)OC1C[C@H]2CC[C@@H](C1)N2C. The number of thioether (sulfide) groups is 1. The molecular formula is C15H21N3O2S. The van der Waals surface area contributed by atoms with Gasteiger partial charge in [-0.1, -0.05) is 11.8 Å². The van der Waals surface area contributed by atoms with Gasteiger partial charge in [0.2, 0.25) is 0 Å². The molecule has 5 nitrogen and oxygen atoms in total. The first-order chi connectivity index (χ1) is 10.1. The Labute approximate surface area is 129 Å². The molecule has 0 aromatic carbocycles. The average Bonchev–Trinajstić information content (AvgIpc) is 2.71. The smallest absolute Gasteiger partial charge is 0.319 e. The molecule has 0 N–H and O–H groups in total. The Morgan fingerprint density at radius 1 is 1.33 bits per heavy atom. The van der Waals surface area contributed by atoms with E-state index in [1.165, 1.54) is 24.6 Å². The van der Waals surface area contributed by atoms with Crippen molar-refractivity contribution in [3.8, 4) is 0 Å². The van der Waals surface area contributed by atoms with Gasteiger partial charge in [-0.05, 0) is 45.7 Å². The van der Waals surface area contributed by atoms with E-state index in [2.05, 4.69) is 21.9 Å². The molecule has 21 heavy (non-hydrogen) atoms. The average molecular weight is 307 g/mol. The van der Waals surface area contributed by atoms with Gasteiger partial charge in [-0.2, -0.15) is 0 Å². The van der Waals surface area contributed by atoms with Gasteiger partial charge in [0, 0.05) is 24.5 Å². The van der Waals surface area contributed by atoms with E-state index in [4.69, 9.17) is 4.74 Å². The number of carbonyl (C=O) groups excluding carboxylic acids is 1. The Kier molecular flexibility index (Phi) is 4.45. The van der Waals surface area contributed by atoms with Crippen molar-refractivity contribution in [2.45, 2.75) is 61.2 Å². The number of hydrogen-bond acceptors (Lipinski definition) is 6. The number of piperidine rings is 1. The molecule has 114 valence electrons. The fourth-order valence-corrected chi connectivity index (χ4v) is 3.98. The molecule has 0 radical (unpaired) electrons. The molecule has 6 heteroatoms. The maximum absolute atomic E-state index is 12.2. The zero-order valence-electron chi connectivity index (χ0n) is 12.4. The van der Waals surface area contributed by atoms with E-state index in [0.29, 0.717) is 17.2 Å². The monoisotopic (exact) mass is 307 g/mol. The summed E-state index contributed by atoms with van der Waals surface area (Å²) in [5, 5.41) is 0.343. The molecule has 1 aromatic heterocycles. The summed E-state index contributed by atoms with van der Waals surface area (Å²) in [6.45, 7) is 1.85. The van der Waals surface area contributed by atoms with Crippen LogP contribution in [0.1, 0.15) is 32.6 Å². The van der Waals surface area contributed by atoms with Crippen LogP contribution >= 0.6 is 11.8 Å². The summed E-state index contributed by atoms with van der Waals surface area (Å²) in [5.74, 6) is -0.151. The molecule has 2 aliphatic rings. The second-order valence-corrected chi connectivity index (χ2v) is 7.18. The molecule has 0 spiro atoms. The van der Waals surface area contributed by atoms with Gasteiger partial charge in [0.25, 0.3) is 0 Å². The largest absolute Gasteiger partial charge is 0.461 e. The zero-order chi connectivity index (χ0) is 14.8. The van der Waals surface area contributed by atoms with Crippen LogP contribution in [0.3, 0.4) is 0 Å². The number of rotatable bonds is 4. The Morgan fingerprint density at radius 2 is 1.95 bits per heavy atom. The Bertz CT molecular complexity index is 485. The second-order valence-electron chi connectivity index (χ2n) is 5.87. The highest BCUT2D eigenvalue weighted by molar-refractivity contribution is 8.00. The van der Waals surface area contributed by atoms with Crippen molar-refractivity contribution >= 4 is 17.7 Å². The van der Waals surface area contributed by atoms with Crippen LogP contribution < -0.4 is 0 Å². The Balaban J connectivity index is 1.52. The van der Waals surface area contributed by atoms with Gasteiger partial charge in [0.15, 0.2) is 5.16 Å². The number of fused-ring (bicyclic) bond motifs is 2. The minimum atomic E-state index is -0.273. The lowest BCUT2D eigenvalue weighted by atomic mass is 10.0. The lowest BCUT2D eigenvalue weighted by Crippen LogP contribution is -2.44. The van der Waals surface area contributed by atoms with Crippen molar-refractivity contribution in [2.24, 2.45) is 0 Å². The van der Waals surface area contributed by atoms with E-state index in [1.807, 2.05) is 6.92 Å². The molecular weight excluding hydrogens is 286 g/mol. The lowest BCUT2D eigenvalue weighted by molar-refractivity contribution is -0.151. The summed E-state index contributed by atoms with van der Waals surface area (Å²) >= 11 is 1.35. The van der Waals surface area contributed by atoms with E-state index < -0.39 is 0 Å². The van der Waals surface area contributed by atoms with E-state index in [-0.39, 0.29) is 17.3 Å². The first-order valence-electron chi connectivity index (χ1n) is 7.49. The van der Waals surface area contributed by atoms with Crippen LogP contribution in [0, 0.1) is 0 Å². The van der Waals surface area contributed by atoms with Crippen molar-refractivity contribution in [1.82, 2.24) is 14.9 Å². The van der Waals surface area contributed by atoms with Crippen LogP contribution in [0.15, 0.2) is 23.6 Å². The van der Waals surface area contributed by atoms with Gasteiger partial charge in [-0.25, -0.2) is 9.97 Å². The van der Waals surface area contributed by atoms with Crippen LogP contribution in [0.2, 0.25) is 0 Å². The Morgan fingerprint density at radius 3 is 2.57 bits per heavy atom. The van der Waals surface area contributed by atoms with Crippen LogP contribution in [0.25, 0.3) is 0 Å². The maximum Gasteiger partial charge on any atom is 0.319 e. The van der Waals surface area contributed by atoms with Gasteiger partial charge >= 0.3 is 5.97 Å². The number of ether oxygens (including phenoxy) is 1. The van der Waals surface area contributed by atoms with Gasteiger partial charge in [0.05, 0.1) is 0 Å². The van der Waals surface area contributed by atoms with Crippen molar-refractivity contribution < 1.29 is 9.53 Å². The van der Waals surface area contributed by atoms with Crippen molar-refractivity contribution in [2.75, 3.05) is 7.05 Å². The first-order valence-corrected chi connectivity index (χ1v) is 8.37. The maximum atomic E-state index is 12.2. The number of esters is 1. The van der Waals surface area contributed by atoms with Gasteiger partial charge in [-0.3, -0.25) is 4.79 Å². The molecule has 4 atom stereocenters. The van der Waals surface area contributed by atoms with Crippen molar-refractivity contribution in [1.29, 1.82) is 0 Å². The molecule has 2 fully saturated rings. The summed E-state index contributed by atoms with van der Waals surface area (Å²) in [7, 11) is 2.19. The van der Waals surface area contributed by atoms with Crippen LogP contribution in [-0.4, -0.2) is 51.3 Å². The Hall–Kier alpha value is -1.14. The zero-order valence-corrected chi connectivity index (χ0v) is 13.3. The predicted octanol–water partition coefficient (Wildman–Crippen LogP) is 2.13. The van der Waals surface area contributed by atoms with Crippen LogP contribution in [-0.2, 0) is 9.53 Å². The van der Waals surface area contributed by atoms with E-state index >= 15 is 0 Å². The molecule has 2 saturated heterocycles. The third kappa shape index (κ3) is 3.37. The number of carbonyl (C=O) groups is 1. The van der Waals surface area contributed by atoms with Gasteiger partial charge in [-0.15, -0.1) is 0 Å². The minimum Gasteiger partial charge on any atom is -0.461 e. The first kappa shape index (κ1) is 14.8. The third-order valence-corrected chi connectivity index (χ3v) is 5.46. The van der Waals surface area contributed by atoms with Gasteiger partial charge in [0.1, 0.15) is 11.4 Å². The summed E-state index contributed by atoms with van der Waals surface area (Å²) in [4.78, 5) is 22.9. The normalized spacial score (nSPS) is 30.1. The fraction of sp³-hybridized carbons (Fsp3) is 0.667. The van der Waals surface area contributed by atoms with E-state index in [1.54, 1.807) is 18.5 Å². The highest BCUT2D eigenvalue weighted by atomic mass is 32.2. The number of hydrogen-bond donors (Lipinski definition) is 0. The number of aromatic nitrogens is 2. The standard InChI is InChI=1S/C15H21N3O2S/c1-10(21-15-16-6-3-7-17-15)14(19)20-13-8-11-4-5-12(9-13)18(11)2/h3,6-7,10-13H,4-5,8-9H2,1-2H3/t10?,11-,12+,13?. The highest BCUT2D eigenvalue weighted by Crippen LogP contribution is 2.35. The van der Waals surface area contributed by atoms with Crippen LogP contribution in [0.5, 0.6) is 0 Å². The molecule has 0 saturated carbocycles. The van der Waals surface area contributed by atoms with E-state index in [9.17, 15) is 4.79 Å². The molecule has 3 heterocycles. The summed E-state index contributed by atoms with van der Waals surface area (Å²) in [6.07, 6.45) is 7.85. The third-order valence-electron chi connectivity index (χ3n) is 4.49. The molecule has 0 amide bonds. The summed E-state index contributed by atoms with van der Waals surface area (Å²) < 4.78 is 5.71. The molecule has 2 aliphatic heterocycles. The minimum absolute atomic E-state index is 0.0749. The highest BCUT2D eigenvalue weighted by Gasteiger charge is 2.40. The quantitative estimate of drug-likeness (QED) is 0.482. The molecule has 2 unspecified atom stereocenters.